The second-order valence-electron chi connectivity index (χ2n) is 19.1. The summed E-state index contributed by atoms with van der Waals surface area (Å²) in [4.78, 5) is 20.5. The van der Waals surface area contributed by atoms with Crippen molar-refractivity contribution in [3.63, 3.8) is 0 Å². The number of aliphatic hydroxyl groups is 3. The predicted molar refractivity (Wildman–Crippen MR) is 243 cm³/mol. The highest BCUT2D eigenvalue weighted by Gasteiger charge is 2.57. The lowest BCUT2D eigenvalue weighted by molar-refractivity contribution is -0.152. The lowest BCUT2D eigenvalue weighted by Crippen LogP contribution is -2.50. The molecule has 7 rings (SSSR count). The molecule has 0 unspecified atom stereocenters. The van der Waals surface area contributed by atoms with Crippen molar-refractivity contribution < 1.29 is 35.4 Å². The molecule has 4 aromatic rings. The molecule has 9 N–H and O–H groups in total. The van der Waals surface area contributed by atoms with E-state index >= 15 is 0 Å². The fraction of sp³-hybridized carbons (Fsp3) is 0.538. The van der Waals surface area contributed by atoms with Gasteiger partial charge in [-0.3, -0.25) is 4.79 Å². The Bertz CT molecular complexity index is 2100. The third kappa shape index (κ3) is 10.9. The Morgan fingerprint density at radius 3 is 2.48 bits per heavy atom. The van der Waals surface area contributed by atoms with E-state index in [-0.39, 0.29) is 47.2 Å². The molecule has 3 aliphatic carbocycles. The fourth-order valence-electron chi connectivity index (χ4n) is 11.6. The SMILES string of the molecule is CCCCC[C@@H]1C=C[C@@H](CCCCC[C@H](C(=O)O)[C@H](O)[C@H]2CC[C@@H]3[C@@H](Cc4ccnc(N)c4)C[C@H](Cc4ccc(-c5cc(O)cc(O)c5Cc5ccccc5)[nH]4)[C@]3(O)C2)[C@H](O)C1. The van der Waals surface area contributed by atoms with Crippen molar-refractivity contribution >= 4 is 11.8 Å². The molecular formula is C52H69N3O7. The quantitative estimate of drug-likeness (QED) is 0.0316. The number of pyridine rings is 1. The number of phenolic OH excluding ortho intramolecular Hbond substituents is 2. The van der Waals surface area contributed by atoms with Gasteiger partial charge in [0.15, 0.2) is 0 Å². The molecule has 10 nitrogen and oxygen atoms in total. The molecule has 0 saturated heterocycles. The zero-order valence-electron chi connectivity index (χ0n) is 36.4. The van der Waals surface area contributed by atoms with E-state index in [4.69, 9.17) is 5.73 Å². The number of hydrogen-bond acceptors (Lipinski definition) is 8. The topological polar surface area (TPSA) is 193 Å². The number of aliphatic hydroxyl groups excluding tert-OH is 2. The van der Waals surface area contributed by atoms with E-state index in [1.165, 1.54) is 25.3 Å². The van der Waals surface area contributed by atoms with Crippen LogP contribution in [0.25, 0.3) is 11.3 Å². The zero-order chi connectivity index (χ0) is 43.8. The van der Waals surface area contributed by atoms with Crippen LogP contribution in [0.3, 0.4) is 0 Å². The first-order valence-electron chi connectivity index (χ1n) is 23.4. The molecule has 2 saturated carbocycles. The number of aromatic nitrogens is 2. The van der Waals surface area contributed by atoms with Gasteiger partial charge in [0.1, 0.15) is 17.3 Å². The summed E-state index contributed by atoms with van der Waals surface area (Å²) in [6, 6.07) is 20.7. The molecule has 0 aliphatic heterocycles. The van der Waals surface area contributed by atoms with Crippen LogP contribution in [0.5, 0.6) is 11.5 Å². The van der Waals surface area contributed by atoms with E-state index in [1.807, 2.05) is 54.6 Å². The Balaban J connectivity index is 1.03. The third-order valence-electron chi connectivity index (χ3n) is 14.8. The maximum atomic E-state index is 12.9. The van der Waals surface area contributed by atoms with Crippen molar-refractivity contribution in [2.45, 2.75) is 134 Å². The van der Waals surface area contributed by atoms with E-state index in [1.54, 1.807) is 12.3 Å². The number of allylic oxidation sites excluding steroid dienone is 1. The summed E-state index contributed by atoms with van der Waals surface area (Å²) in [7, 11) is 0. The number of rotatable bonds is 20. The molecule has 2 aromatic carbocycles. The number of nitrogen functional groups attached to an aromatic ring is 1. The minimum Gasteiger partial charge on any atom is -0.508 e. The normalized spacial score (nSPS) is 26.9. The highest BCUT2D eigenvalue weighted by atomic mass is 16.4. The minimum absolute atomic E-state index is 0.0156. The zero-order valence-corrected chi connectivity index (χ0v) is 36.4. The number of nitrogens with zero attached hydrogens (tertiary/aromatic N) is 1. The van der Waals surface area contributed by atoms with Crippen LogP contribution < -0.4 is 5.73 Å². The molecule has 0 amide bonds. The van der Waals surface area contributed by atoms with E-state index in [2.05, 4.69) is 29.0 Å². The van der Waals surface area contributed by atoms with Gasteiger partial charge in [-0.1, -0.05) is 87.9 Å². The number of carbonyl (C=O) groups is 1. The van der Waals surface area contributed by atoms with Crippen molar-refractivity contribution in [1.29, 1.82) is 0 Å². The minimum atomic E-state index is -1.13. The van der Waals surface area contributed by atoms with Gasteiger partial charge in [-0.15, -0.1) is 0 Å². The van der Waals surface area contributed by atoms with Crippen LogP contribution >= 0.6 is 0 Å². The number of carboxylic acids is 1. The average Bonchev–Trinajstić information content (AvgIpc) is 3.82. The summed E-state index contributed by atoms with van der Waals surface area (Å²) in [5.41, 5.74) is 10.1. The highest BCUT2D eigenvalue weighted by Crippen LogP contribution is 2.56. The molecule has 334 valence electrons. The number of phenols is 2. The molecule has 0 spiro atoms. The average molecular weight is 848 g/mol. The van der Waals surface area contributed by atoms with Gasteiger partial charge in [0.2, 0.25) is 0 Å². The summed E-state index contributed by atoms with van der Waals surface area (Å²) in [6.45, 7) is 2.21. The Kier molecular flexibility index (Phi) is 15.1. The second-order valence-corrected chi connectivity index (χ2v) is 19.1. The van der Waals surface area contributed by atoms with Crippen molar-refractivity contribution in [2.75, 3.05) is 5.73 Å². The number of unbranched alkanes of at least 4 members (excludes halogenated alkanes) is 4. The van der Waals surface area contributed by atoms with Crippen molar-refractivity contribution in [3.8, 4) is 22.8 Å². The number of fused-ring (bicyclic) bond motifs is 1. The molecule has 0 radical (unpaired) electrons. The third-order valence-corrected chi connectivity index (χ3v) is 14.8. The van der Waals surface area contributed by atoms with E-state index in [0.717, 1.165) is 67.5 Å². The largest absolute Gasteiger partial charge is 0.508 e. The van der Waals surface area contributed by atoms with Gasteiger partial charge in [-0.05, 0) is 135 Å². The van der Waals surface area contributed by atoms with Gasteiger partial charge in [0.05, 0.1) is 23.7 Å². The standard InChI is InChI=1S/C52H69N3O7/c1-2-3-6-11-34-16-17-36(47(57)26-34)14-9-5-10-15-42(51(60)61)50(59)37-18-20-45-38(24-35-22-23-54-49(53)27-35)28-39(52(45,62)32-37)29-40-19-21-46(55-40)43-30-41(56)31-48(58)44(43)25-33-12-7-4-8-13-33/h4,7-8,12-13,16-17,19,21-23,27,30-31,34,36-39,42,45,47,50,55-59,62H,2-3,5-6,9-11,14-15,18,20,24-26,28-29,32H2,1H3,(H2,53,54)(H,60,61)/t34-,36-,37+,38+,39-,42+,45-,47-,50-,52-/m1/s1. The van der Waals surface area contributed by atoms with Crippen LogP contribution in [0.2, 0.25) is 0 Å². The molecular weight excluding hydrogens is 779 g/mol. The monoisotopic (exact) mass is 848 g/mol. The summed E-state index contributed by atoms with van der Waals surface area (Å²) < 4.78 is 0. The lowest BCUT2D eigenvalue weighted by atomic mass is 9.64. The van der Waals surface area contributed by atoms with Crippen LogP contribution in [0.1, 0.15) is 119 Å². The highest BCUT2D eigenvalue weighted by molar-refractivity contribution is 5.71. The molecule has 10 atom stereocenters. The van der Waals surface area contributed by atoms with Gasteiger partial charge >= 0.3 is 5.97 Å². The molecule has 10 heteroatoms. The summed E-state index contributed by atoms with van der Waals surface area (Å²) in [5.74, 6) is -1.30. The smallest absolute Gasteiger partial charge is 0.309 e. The number of carboxylic acid groups (broad SMARTS) is 1. The van der Waals surface area contributed by atoms with Gasteiger partial charge in [0, 0.05) is 47.1 Å². The number of nitrogens with one attached hydrogen (secondary N) is 1. The maximum absolute atomic E-state index is 12.9. The number of anilines is 1. The number of nitrogens with two attached hydrogens (primary N) is 1. The predicted octanol–water partition coefficient (Wildman–Crippen LogP) is 9.38. The first-order chi connectivity index (χ1) is 29.9. The van der Waals surface area contributed by atoms with Crippen LogP contribution in [-0.4, -0.2) is 64.4 Å². The van der Waals surface area contributed by atoms with Crippen LogP contribution in [0.4, 0.5) is 5.82 Å². The van der Waals surface area contributed by atoms with E-state index in [9.17, 15) is 35.4 Å². The molecule has 2 fully saturated rings. The molecule has 0 bridgehead atoms. The number of aromatic amines is 1. The number of benzene rings is 2. The van der Waals surface area contributed by atoms with Crippen LogP contribution in [-0.2, 0) is 24.1 Å². The second kappa shape index (κ2) is 20.7. The summed E-state index contributed by atoms with van der Waals surface area (Å²) in [5, 5.41) is 67.5. The van der Waals surface area contributed by atoms with Crippen molar-refractivity contribution in [1.82, 2.24) is 9.97 Å². The van der Waals surface area contributed by atoms with E-state index < -0.39 is 23.6 Å². The maximum Gasteiger partial charge on any atom is 0.309 e. The molecule has 2 heterocycles. The van der Waals surface area contributed by atoms with Crippen molar-refractivity contribution in [2.24, 2.45) is 41.4 Å². The van der Waals surface area contributed by atoms with Crippen molar-refractivity contribution in [3.05, 3.63) is 107 Å². The number of aromatic hydroxyl groups is 2. The molecule has 3 aliphatic rings. The first kappa shape index (κ1) is 45.4. The summed E-state index contributed by atoms with van der Waals surface area (Å²) in [6.07, 6.45) is 18.2. The van der Waals surface area contributed by atoms with Crippen LogP contribution in [0.15, 0.2) is 85.1 Å². The fourth-order valence-corrected chi connectivity index (χ4v) is 11.6. The molecule has 62 heavy (non-hydrogen) atoms. The number of H-pyrrole nitrogens is 1. The Labute approximate surface area is 367 Å². The van der Waals surface area contributed by atoms with E-state index in [0.29, 0.717) is 67.8 Å². The Hall–Kier alpha value is -4.64. The van der Waals surface area contributed by atoms with Gasteiger partial charge < -0.3 is 41.4 Å². The lowest BCUT2D eigenvalue weighted by Gasteiger charge is -2.45. The van der Waals surface area contributed by atoms with Gasteiger partial charge in [-0.25, -0.2) is 4.98 Å². The first-order valence-corrected chi connectivity index (χ1v) is 23.4. The van der Waals surface area contributed by atoms with Crippen LogP contribution in [0, 0.1) is 41.4 Å². The number of hydrogen-bond donors (Lipinski definition) is 8. The summed E-state index contributed by atoms with van der Waals surface area (Å²) >= 11 is 0. The molecule has 2 aromatic heterocycles. The van der Waals surface area contributed by atoms with Gasteiger partial charge in [0.25, 0.3) is 0 Å². The van der Waals surface area contributed by atoms with Gasteiger partial charge in [-0.2, -0.15) is 0 Å². The Morgan fingerprint density at radius 1 is 0.919 bits per heavy atom. The Morgan fingerprint density at radius 2 is 1.73 bits per heavy atom. The number of aliphatic carboxylic acids is 1.